The SMILES string of the molecule is O=C(c1cccc(=O)[nH]1)N1CCN(Cc2ccsc2)CC1. The Morgan fingerprint density at radius 1 is 1.19 bits per heavy atom. The first kappa shape index (κ1) is 14.0. The molecule has 3 rings (SSSR count). The first-order valence-electron chi connectivity index (χ1n) is 6.94. The van der Waals surface area contributed by atoms with Crippen LogP contribution < -0.4 is 5.56 Å². The van der Waals surface area contributed by atoms with E-state index in [9.17, 15) is 9.59 Å². The fraction of sp³-hybridized carbons (Fsp3) is 0.333. The second-order valence-electron chi connectivity index (χ2n) is 5.13. The number of nitrogens with zero attached hydrogens (tertiary/aromatic N) is 2. The van der Waals surface area contributed by atoms with Gasteiger partial charge in [0.05, 0.1) is 0 Å². The summed E-state index contributed by atoms with van der Waals surface area (Å²) in [4.78, 5) is 30.3. The summed E-state index contributed by atoms with van der Waals surface area (Å²) in [6, 6.07) is 6.81. The number of hydrogen-bond donors (Lipinski definition) is 1. The monoisotopic (exact) mass is 303 g/mol. The highest BCUT2D eigenvalue weighted by Gasteiger charge is 2.22. The number of aromatic nitrogens is 1. The van der Waals surface area contributed by atoms with Crippen molar-refractivity contribution in [1.29, 1.82) is 0 Å². The molecule has 2 aromatic heterocycles. The van der Waals surface area contributed by atoms with Crippen molar-refractivity contribution in [3.8, 4) is 0 Å². The Hall–Kier alpha value is -1.92. The number of rotatable bonds is 3. The summed E-state index contributed by atoms with van der Waals surface area (Å²) < 4.78 is 0. The van der Waals surface area contributed by atoms with E-state index in [1.807, 2.05) is 0 Å². The lowest BCUT2D eigenvalue weighted by Gasteiger charge is -2.34. The van der Waals surface area contributed by atoms with Gasteiger partial charge in [0, 0.05) is 38.8 Å². The molecule has 1 fully saturated rings. The van der Waals surface area contributed by atoms with Gasteiger partial charge in [-0.25, -0.2) is 0 Å². The maximum absolute atomic E-state index is 12.3. The number of pyridine rings is 1. The summed E-state index contributed by atoms with van der Waals surface area (Å²) in [5.74, 6) is -0.0946. The molecule has 110 valence electrons. The minimum absolute atomic E-state index is 0.0946. The largest absolute Gasteiger partial charge is 0.335 e. The Labute approximate surface area is 126 Å². The number of amides is 1. The topological polar surface area (TPSA) is 56.4 Å². The molecule has 3 heterocycles. The molecule has 0 aromatic carbocycles. The average molecular weight is 303 g/mol. The van der Waals surface area contributed by atoms with Gasteiger partial charge in [-0.05, 0) is 28.5 Å². The summed E-state index contributed by atoms with van der Waals surface area (Å²) in [5.41, 5.74) is 1.46. The molecule has 0 spiro atoms. The summed E-state index contributed by atoms with van der Waals surface area (Å²) in [5, 5.41) is 4.24. The summed E-state index contributed by atoms with van der Waals surface area (Å²) in [7, 11) is 0. The molecule has 1 amide bonds. The van der Waals surface area contributed by atoms with Crippen molar-refractivity contribution >= 4 is 17.2 Å². The lowest BCUT2D eigenvalue weighted by Crippen LogP contribution is -2.48. The van der Waals surface area contributed by atoms with E-state index >= 15 is 0 Å². The van der Waals surface area contributed by atoms with Crippen LogP contribution in [0.25, 0.3) is 0 Å². The number of nitrogens with one attached hydrogen (secondary N) is 1. The van der Waals surface area contributed by atoms with Crippen LogP contribution in [0.2, 0.25) is 0 Å². The van der Waals surface area contributed by atoms with Crippen LogP contribution in [0.4, 0.5) is 0 Å². The van der Waals surface area contributed by atoms with Crippen LogP contribution in [0, 0.1) is 0 Å². The van der Waals surface area contributed by atoms with Gasteiger partial charge in [0.15, 0.2) is 0 Å². The average Bonchev–Trinajstić information content (AvgIpc) is 3.00. The third kappa shape index (κ3) is 3.40. The van der Waals surface area contributed by atoms with Crippen molar-refractivity contribution in [2.24, 2.45) is 0 Å². The molecule has 0 bridgehead atoms. The number of thiophene rings is 1. The van der Waals surface area contributed by atoms with E-state index in [1.54, 1.807) is 28.4 Å². The van der Waals surface area contributed by atoms with Crippen LogP contribution in [-0.2, 0) is 6.54 Å². The van der Waals surface area contributed by atoms with Gasteiger partial charge >= 0.3 is 0 Å². The van der Waals surface area contributed by atoms with E-state index in [2.05, 4.69) is 26.7 Å². The van der Waals surface area contributed by atoms with Crippen molar-refractivity contribution in [2.45, 2.75) is 6.54 Å². The Kier molecular flexibility index (Phi) is 4.17. The number of H-pyrrole nitrogens is 1. The molecule has 6 heteroatoms. The Morgan fingerprint density at radius 3 is 2.67 bits per heavy atom. The normalized spacial score (nSPS) is 16.1. The molecule has 0 atom stereocenters. The minimum Gasteiger partial charge on any atom is -0.335 e. The van der Waals surface area contributed by atoms with Gasteiger partial charge in [0.2, 0.25) is 5.56 Å². The Bertz CT molecular complexity index is 658. The summed E-state index contributed by atoms with van der Waals surface area (Å²) in [6.45, 7) is 4.05. The van der Waals surface area contributed by atoms with Crippen molar-refractivity contribution in [3.63, 3.8) is 0 Å². The van der Waals surface area contributed by atoms with E-state index in [0.717, 1.165) is 19.6 Å². The predicted molar refractivity (Wildman–Crippen MR) is 82.6 cm³/mol. The maximum Gasteiger partial charge on any atom is 0.270 e. The Balaban J connectivity index is 1.58. The zero-order valence-corrected chi connectivity index (χ0v) is 12.4. The van der Waals surface area contributed by atoms with Crippen LogP contribution >= 0.6 is 11.3 Å². The van der Waals surface area contributed by atoms with Crippen molar-refractivity contribution < 1.29 is 4.79 Å². The molecule has 0 aliphatic carbocycles. The molecule has 21 heavy (non-hydrogen) atoms. The van der Waals surface area contributed by atoms with Crippen LogP contribution in [0.5, 0.6) is 0 Å². The molecule has 1 saturated heterocycles. The van der Waals surface area contributed by atoms with Crippen molar-refractivity contribution in [1.82, 2.24) is 14.8 Å². The zero-order chi connectivity index (χ0) is 14.7. The Morgan fingerprint density at radius 2 is 2.00 bits per heavy atom. The van der Waals surface area contributed by atoms with Crippen molar-refractivity contribution in [3.05, 3.63) is 56.6 Å². The van der Waals surface area contributed by atoms with E-state index < -0.39 is 0 Å². The van der Waals surface area contributed by atoms with Gasteiger partial charge in [-0.3, -0.25) is 14.5 Å². The second-order valence-corrected chi connectivity index (χ2v) is 5.91. The maximum atomic E-state index is 12.3. The highest BCUT2D eigenvalue weighted by molar-refractivity contribution is 7.07. The number of carbonyl (C=O) groups is 1. The number of aromatic amines is 1. The van der Waals surface area contributed by atoms with E-state index in [4.69, 9.17) is 0 Å². The van der Waals surface area contributed by atoms with Gasteiger partial charge in [0.1, 0.15) is 5.69 Å². The highest BCUT2D eigenvalue weighted by atomic mass is 32.1. The van der Waals surface area contributed by atoms with Crippen LogP contribution in [0.1, 0.15) is 16.1 Å². The van der Waals surface area contributed by atoms with Crippen LogP contribution in [0.15, 0.2) is 39.8 Å². The summed E-state index contributed by atoms with van der Waals surface area (Å²) >= 11 is 1.71. The lowest BCUT2D eigenvalue weighted by molar-refractivity contribution is 0.0622. The molecule has 1 N–H and O–H groups in total. The molecule has 2 aromatic rings. The van der Waals surface area contributed by atoms with Crippen LogP contribution in [0.3, 0.4) is 0 Å². The fourth-order valence-electron chi connectivity index (χ4n) is 2.49. The first-order chi connectivity index (χ1) is 10.2. The molecular formula is C15H17N3O2S. The zero-order valence-electron chi connectivity index (χ0n) is 11.6. The molecule has 1 aliphatic heterocycles. The van der Waals surface area contributed by atoms with Gasteiger partial charge in [-0.2, -0.15) is 11.3 Å². The number of hydrogen-bond acceptors (Lipinski definition) is 4. The smallest absolute Gasteiger partial charge is 0.270 e. The molecule has 0 saturated carbocycles. The predicted octanol–water partition coefficient (Wildman–Crippen LogP) is 1.39. The standard InChI is InChI=1S/C15H17N3O2S/c19-14-3-1-2-13(16-14)15(20)18-7-5-17(6-8-18)10-12-4-9-21-11-12/h1-4,9,11H,5-8,10H2,(H,16,19). The minimum atomic E-state index is -0.239. The van der Waals surface area contributed by atoms with Crippen LogP contribution in [-0.4, -0.2) is 46.9 Å². The first-order valence-corrected chi connectivity index (χ1v) is 7.89. The molecule has 1 aliphatic rings. The molecular weight excluding hydrogens is 286 g/mol. The van der Waals surface area contributed by atoms with Crippen molar-refractivity contribution in [2.75, 3.05) is 26.2 Å². The van der Waals surface area contributed by atoms with Gasteiger partial charge < -0.3 is 9.88 Å². The quantitative estimate of drug-likeness (QED) is 0.932. The van der Waals surface area contributed by atoms with Gasteiger partial charge in [-0.15, -0.1) is 0 Å². The lowest BCUT2D eigenvalue weighted by atomic mass is 10.2. The highest BCUT2D eigenvalue weighted by Crippen LogP contribution is 2.12. The molecule has 5 nitrogen and oxygen atoms in total. The van der Waals surface area contributed by atoms with E-state index in [0.29, 0.717) is 18.8 Å². The van der Waals surface area contributed by atoms with Gasteiger partial charge in [-0.1, -0.05) is 6.07 Å². The number of piperazine rings is 1. The van der Waals surface area contributed by atoms with E-state index in [-0.39, 0.29) is 11.5 Å². The number of carbonyl (C=O) groups excluding carboxylic acids is 1. The second kappa shape index (κ2) is 6.24. The molecule has 0 unspecified atom stereocenters. The van der Waals surface area contributed by atoms with E-state index in [1.165, 1.54) is 11.6 Å². The fourth-order valence-corrected chi connectivity index (χ4v) is 3.15. The molecule has 0 radical (unpaired) electrons. The summed E-state index contributed by atoms with van der Waals surface area (Å²) in [6.07, 6.45) is 0. The third-order valence-corrected chi connectivity index (χ3v) is 4.38. The van der Waals surface area contributed by atoms with Gasteiger partial charge in [0.25, 0.3) is 5.91 Å². The third-order valence-electron chi connectivity index (χ3n) is 3.64.